The van der Waals surface area contributed by atoms with E-state index >= 15 is 0 Å². The molecule has 2 heterocycles. The van der Waals surface area contributed by atoms with Gasteiger partial charge >= 0.3 is 0 Å². The topological polar surface area (TPSA) is 92.5 Å². The number of aromatic nitrogens is 1. The minimum absolute atomic E-state index is 0.0626. The maximum absolute atomic E-state index is 13.2. The zero-order chi connectivity index (χ0) is 21.1. The number of carbonyl (C=O) groups is 1. The summed E-state index contributed by atoms with van der Waals surface area (Å²) < 4.78 is 32.6. The number of rotatable bonds is 8. The third-order valence-corrected chi connectivity index (χ3v) is 6.55. The van der Waals surface area contributed by atoms with Crippen LogP contribution in [-0.2, 0) is 16.6 Å². The Labute approximate surface area is 175 Å². The van der Waals surface area contributed by atoms with Crippen molar-refractivity contribution in [3.8, 4) is 0 Å². The summed E-state index contributed by atoms with van der Waals surface area (Å²) in [7, 11) is -3.71. The van der Waals surface area contributed by atoms with E-state index in [4.69, 9.17) is 4.42 Å². The van der Waals surface area contributed by atoms with Gasteiger partial charge in [0.2, 0.25) is 10.0 Å². The quantitative estimate of drug-likeness (QED) is 0.596. The molecule has 156 valence electrons. The van der Waals surface area contributed by atoms with Crippen molar-refractivity contribution in [2.75, 3.05) is 0 Å². The molecule has 1 atom stereocenters. The SMILES string of the molecule is CC(c1ccccn1)N(C(=O)c1ccc(S(=O)(=O)NCc2ccco2)cc1)C1CC1. The number of pyridine rings is 1. The summed E-state index contributed by atoms with van der Waals surface area (Å²) in [5, 5.41) is 0. The second-order valence-electron chi connectivity index (χ2n) is 7.30. The number of hydrogen-bond acceptors (Lipinski definition) is 5. The van der Waals surface area contributed by atoms with Crippen molar-refractivity contribution in [2.45, 2.75) is 43.3 Å². The Balaban J connectivity index is 1.50. The van der Waals surface area contributed by atoms with Crippen molar-refractivity contribution in [1.82, 2.24) is 14.6 Å². The van der Waals surface area contributed by atoms with Crippen molar-refractivity contribution in [1.29, 1.82) is 0 Å². The largest absolute Gasteiger partial charge is 0.468 e. The Morgan fingerprint density at radius 1 is 1.17 bits per heavy atom. The van der Waals surface area contributed by atoms with E-state index < -0.39 is 10.0 Å². The van der Waals surface area contributed by atoms with Gasteiger partial charge in [-0.3, -0.25) is 9.78 Å². The van der Waals surface area contributed by atoms with Crippen molar-refractivity contribution < 1.29 is 17.6 Å². The number of carbonyl (C=O) groups excluding carboxylic acids is 1. The van der Waals surface area contributed by atoms with Gasteiger partial charge in [0.15, 0.2) is 0 Å². The first-order chi connectivity index (χ1) is 14.5. The smallest absolute Gasteiger partial charge is 0.254 e. The average Bonchev–Trinajstić information content (AvgIpc) is 3.46. The molecule has 0 spiro atoms. The fraction of sp³-hybridized carbons (Fsp3) is 0.273. The highest BCUT2D eigenvalue weighted by Gasteiger charge is 2.37. The molecule has 7 nitrogen and oxygen atoms in total. The average molecular weight is 426 g/mol. The molecule has 30 heavy (non-hydrogen) atoms. The van der Waals surface area contributed by atoms with E-state index in [2.05, 4.69) is 9.71 Å². The van der Waals surface area contributed by atoms with Gasteiger partial charge in [-0.25, -0.2) is 13.1 Å². The van der Waals surface area contributed by atoms with Crippen molar-refractivity contribution in [2.24, 2.45) is 0 Å². The van der Waals surface area contributed by atoms with E-state index in [1.54, 1.807) is 30.5 Å². The maximum Gasteiger partial charge on any atom is 0.254 e. The molecule has 1 aliphatic carbocycles. The molecule has 0 bridgehead atoms. The van der Waals surface area contributed by atoms with Gasteiger partial charge in [0.25, 0.3) is 5.91 Å². The number of nitrogens with one attached hydrogen (secondary N) is 1. The Morgan fingerprint density at radius 2 is 1.93 bits per heavy atom. The van der Waals surface area contributed by atoms with Gasteiger partial charge < -0.3 is 9.32 Å². The molecule has 4 rings (SSSR count). The van der Waals surface area contributed by atoms with Gasteiger partial charge in [-0.1, -0.05) is 6.07 Å². The van der Waals surface area contributed by atoms with Gasteiger partial charge in [0.1, 0.15) is 5.76 Å². The molecule has 1 amide bonds. The van der Waals surface area contributed by atoms with Crippen molar-refractivity contribution in [3.05, 3.63) is 84.1 Å². The number of furan rings is 1. The molecule has 1 aromatic carbocycles. The molecular formula is C22H23N3O4S. The number of nitrogens with zero attached hydrogens (tertiary/aromatic N) is 2. The molecule has 1 aliphatic rings. The Morgan fingerprint density at radius 3 is 2.53 bits per heavy atom. The lowest BCUT2D eigenvalue weighted by atomic mass is 10.1. The Kier molecular flexibility index (Phi) is 5.69. The summed E-state index contributed by atoms with van der Waals surface area (Å²) in [6.45, 7) is 2.03. The monoisotopic (exact) mass is 425 g/mol. The van der Waals surface area contributed by atoms with Crippen LogP contribution in [0.25, 0.3) is 0 Å². The molecule has 1 fully saturated rings. The molecule has 3 aromatic rings. The first-order valence-corrected chi connectivity index (χ1v) is 11.3. The number of sulfonamides is 1. The lowest BCUT2D eigenvalue weighted by molar-refractivity contribution is 0.0670. The van der Waals surface area contributed by atoms with Crippen LogP contribution in [0.1, 0.15) is 47.6 Å². The third kappa shape index (κ3) is 4.44. The Bertz CT molecular complexity index is 1090. The summed E-state index contributed by atoms with van der Waals surface area (Å²) in [4.78, 5) is 19.5. The summed E-state index contributed by atoms with van der Waals surface area (Å²) in [6.07, 6.45) is 5.14. The fourth-order valence-corrected chi connectivity index (χ4v) is 4.36. The predicted molar refractivity (Wildman–Crippen MR) is 111 cm³/mol. The number of amides is 1. The fourth-order valence-electron chi connectivity index (χ4n) is 3.36. The zero-order valence-corrected chi connectivity index (χ0v) is 17.4. The van der Waals surface area contributed by atoms with Gasteiger partial charge in [0.05, 0.1) is 29.4 Å². The van der Waals surface area contributed by atoms with E-state index in [-0.39, 0.29) is 29.4 Å². The molecule has 2 aromatic heterocycles. The first-order valence-electron chi connectivity index (χ1n) is 9.81. The summed E-state index contributed by atoms with van der Waals surface area (Å²) in [5.41, 5.74) is 1.29. The Hall–Kier alpha value is -2.97. The van der Waals surface area contributed by atoms with Crippen LogP contribution in [0.15, 0.2) is 76.4 Å². The third-order valence-electron chi connectivity index (χ3n) is 5.14. The van der Waals surface area contributed by atoms with Gasteiger partial charge in [-0.2, -0.15) is 0 Å². The first kappa shape index (κ1) is 20.3. The molecule has 8 heteroatoms. The number of hydrogen-bond donors (Lipinski definition) is 1. The standard InChI is InChI=1S/C22H23N3O4S/c1-16(21-6-2-3-13-23-21)25(18-9-10-18)22(26)17-7-11-20(12-8-17)30(27,28)24-15-19-5-4-14-29-19/h2-8,11-14,16,18,24H,9-10,15H2,1H3. The van der Waals surface area contributed by atoms with Gasteiger partial charge in [0, 0.05) is 17.8 Å². The van der Waals surface area contributed by atoms with Crippen molar-refractivity contribution in [3.63, 3.8) is 0 Å². The van der Waals surface area contributed by atoms with Crippen LogP contribution in [0, 0.1) is 0 Å². The highest BCUT2D eigenvalue weighted by molar-refractivity contribution is 7.89. The van der Waals surface area contributed by atoms with Gasteiger partial charge in [-0.05, 0) is 68.3 Å². The summed E-state index contributed by atoms with van der Waals surface area (Å²) >= 11 is 0. The summed E-state index contributed by atoms with van der Waals surface area (Å²) in [5.74, 6) is 0.400. The van der Waals surface area contributed by atoms with Crippen LogP contribution in [0.4, 0.5) is 0 Å². The molecular weight excluding hydrogens is 402 g/mol. The van der Waals surface area contributed by atoms with E-state index in [1.807, 2.05) is 30.0 Å². The van der Waals surface area contributed by atoms with E-state index in [1.165, 1.54) is 18.4 Å². The van der Waals surface area contributed by atoms with Crippen LogP contribution in [0.2, 0.25) is 0 Å². The second kappa shape index (κ2) is 8.41. The van der Waals surface area contributed by atoms with E-state index in [0.29, 0.717) is 11.3 Å². The van der Waals surface area contributed by atoms with Crippen LogP contribution >= 0.6 is 0 Å². The number of benzene rings is 1. The molecule has 1 saturated carbocycles. The molecule has 0 radical (unpaired) electrons. The molecule has 0 saturated heterocycles. The minimum atomic E-state index is -3.71. The lowest BCUT2D eigenvalue weighted by Crippen LogP contribution is -2.36. The van der Waals surface area contributed by atoms with Crippen LogP contribution in [0.5, 0.6) is 0 Å². The van der Waals surface area contributed by atoms with Crippen molar-refractivity contribution >= 4 is 15.9 Å². The van der Waals surface area contributed by atoms with E-state index in [9.17, 15) is 13.2 Å². The molecule has 1 N–H and O–H groups in total. The molecule has 0 aliphatic heterocycles. The van der Waals surface area contributed by atoms with E-state index in [0.717, 1.165) is 18.5 Å². The maximum atomic E-state index is 13.2. The lowest BCUT2D eigenvalue weighted by Gasteiger charge is -2.29. The highest BCUT2D eigenvalue weighted by Crippen LogP contribution is 2.35. The van der Waals surface area contributed by atoms with Crippen LogP contribution in [0.3, 0.4) is 0 Å². The summed E-state index contributed by atoms with van der Waals surface area (Å²) in [6, 6.07) is 15.1. The second-order valence-corrected chi connectivity index (χ2v) is 9.07. The minimum Gasteiger partial charge on any atom is -0.468 e. The molecule has 1 unspecified atom stereocenters. The zero-order valence-electron chi connectivity index (χ0n) is 16.6. The van der Waals surface area contributed by atoms with Gasteiger partial charge in [-0.15, -0.1) is 0 Å². The van der Waals surface area contributed by atoms with Crippen LogP contribution in [-0.4, -0.2) is 30.3 Å². The van der Waals surface area contributed by atoms with Crippen LogP contribution < -0.4 is 4.72 Å². The normalized spacial score (nSPS) is 15.0. The highest BCUT2D eigenvalue weighted by atomic mass is 32.2. The predicted octanol–water partition coefficient (Wildman–Crippen LogP) is 3.52.